The zero-order valence-corrected chi connectivity index (χ0v) is 45.0. The van der Waals surface area contributed by atoms with Crippen molar-refractivity contribution in [1.82, 2.24) is 0 Å². The summed E-state index contributed by atoms with van der Waals surface area (Å²) in [5.74, 6) is -0.353. The maximum absolute atomic E-state index is 12.9. The Hall–Kier alpha value is -2.37. The molecule has 1 fully saturated rings. The van der Waals surface area contributed by atoms with E-state index >= 15 is 0 Å². The van der Waals surface area contributed by atoms with Gasteiger partial charge in [0.05, 0.1) is 19.8 Å². The third-order valence-electron chi connectivity index (χ3n) is 13.1. The third-order valence-corrected chi connectivity index (χ3v) is 13.1. The van der Waals surface area contributed by atoms with Crippen LogP contribution in [0.2, 0.25) is 0 Å². The van der Waals surface area contributed by atoms with Gasteiger partial charge in [0.1, 0.15) is 30.5 Å². The number of hydrogen-bond acceptors (Lipinski definition) is 9. The first-order chi connectivity index (χ1) is 34.4. The lowest BCUT2D eigenvalue weighted by molar-refractivity contribution is -0.305. The van der Waals surface area contributed by atoms with E-state index in [1.165, 1.54) is 154 Å². The van der Waals surface area contributed by atoms with Gasteiger partial charge in [0, 0.05) is 13.0 Å². The highest BCUT2D eigenvalue weighted by Gasteiger charge is 2.44. The van der Waals surface area contributed by atoms with Crippen molar-refractivity contribution in [2.24, 2.45) is 0 Å². The highest BCUT2D eigenvalue weighted by molar-refractivity contribution is 5.69. The summed E-state index contributed by atoms with van der Waals surface area (Å²) < 4.78 is 22.9. The van der Waals surface area contributed by atoms with Gasteiger partial charge in [-0.25, -0.2) is 0 Å². The van der Waals surface area contributed by atoms with E-state index in [0.29, 0.717) is 13.0 Å². The number of aliphatic hydroxyl groups excluding tert-OH is 4. The number of rotatable bonds is 50. The van der Waals surface area contributed by atoms with Crippen molar-refractivity contribution in [3.05, 3.63) is 72.9 Å². The molecule has 0 aliphatic carbocycles. The standard InChI is InChI=1S/C61H108O9/c1-3-5-7-9-11-13-15-17-19-21-23-25-26-27-28-29-31-33-35-37-39-41-43-45-47-49-51-67-53-55(54-68-61-60(66)59(65)58(64)56(52-62)70-61)69-57(63)50-48-46-44-42-40-38-36-34-32-30-24-22-20-18-16-14-12-10-8-6-4-2/h6,8,12,14,18,20,24,30,34,36,40,42,55-56,58-62,64-66H,3-5,7,9-11,13,15-17,19,21-23,25-29,31-33,35,37-39,41,43-54H2,1-2H3/b8-6-,14-12-,20-18-,30-24-,36-34-,42-40-. The van der Waals surface area contributed by atoms with E-state index in [2.05, 4.69) is 86.8 Å². The van der Waals surface area contributed by atoms with Gasteiger partial charge in [0.15, 0.2) is 6.29 Å². The molecule has 9 heteroatoms. The summed E-state index contributed by atoms with van der Waals surface area (Å²) in [5.41, 5.74) is 0. The molecule has 0 bridgehead atoms. The molecule has 1 saturated heterocycles. The number of esters is 1. The summed E-state index contributed by atoms with van der Waals surface area (Å²) in [5, 5.41) is 40.3. The van der Waals surface area contributed by atoms with Crippen LogP contribution in [0, 0.1) is 0 Å². The van der Waals surface area contributed by atoms with Gasteiger partial charge in [-0.15, -0.1) is 0 Å². The summed E-state index contributed by atoms with van der Waals surface area (Å²) in [6.07, 6.45) is 62.5. The van der Waals surface area contributed by atoms with Gasteiger partial charge in [0.25, 0.3) is 0 Å². The summed E-state index contributed by atoms with van der Waals surface area (Å²) in [6.45, 7) is 4.42. The lowest BCUT2D eigenvalue weighted by atomic mass is 9.99. The first-order valence-electron chi connectivity index (χ1n) is 29.0. The van der Waals surface area contributed by atoms with Gasteiger partial charge in [-0.2, -0.15) is 0 Å². The second kappa shape index (κ2) is 51.5. The maximum atomic E-state index is 12.9. The molecule has 1 aliphatic heterocycles. The molecular weight excluding hydrogens is 877 g/mol. The molecule has 0 aromatic rings. The van der Waals surface area contributed by atoms with Crippen LogP contribution in [0.15, 0.2) is 72.9 Å². The molecule has 1 aliphatic rings. The average molecular weight is 986 g/mol. The average Bonchev–Trinajstić information content (AvgIpc) is 3.36. The molecule has 0 radical (unpaired) electrons. The molecule has 6 unspecified atom stereocenters. The fourth-order valence-electron chi connectivity index (χ4n) is 8.67. The quantitative estimate of drug-likeness (QED) is 0.0267. The Kier molecular flexibility index (Phi) is 48.3. The number of aliphatic hydroxyl groups is 4. The van der Waals surface area contributed by atoms with Gasteiger partial charge in [0.2, 0.25) is 0 Å². The lowest BCUT2D eigenvalue weighted by Gasteiger charge is -2.39. The Bertz CT molecular complexity index is 1310. The van der Waals surface area contributed by atoms with Gasteiger partial charge in [-0.1, -0.05) is 247 Å². The van der Waals surface area contributed by atoms with E-state index in [-0.39, 0.29) is 25.6 Å². The summed E-state index contributed by atoms with van der Waals surface area (Å²) in [7, 11) is 0. The number of carbonyl (C=O) groups excluding carboxylic acids is 1. The number of unbranched alkanes of at least 4 members (excludes halogenated alkanes) is 27. The van der Waals surface area contributed by atoms with Crippen LogP contribution >= 0.6 is 0 Å². The van der Waals surface area contributed by atoms with Crippen LogP contribution in [0.1, 0.15) is 245 Å². The largest absolute Gasteiger partial charge is 0.457 e. The van der Waals surface area contributed by atoms with Crippen LogP contribution in [-0.2, 0) is 23.7 Å². The smallest absolute Gasteiger partial charge is 0.306 e. The predicted octanol–water partition coefficient (Wildman–Crippen LogP) is 15.2. The van der Waals surface area contributed by atoms with E-state index < -0.39 is 43.4 Å². The summed E-state index contributed by atoms with van der Waals surface area (Å²) in [4.78, 5) is 12.9. The Morgan fingerprint density at radius 2 is 0.871 bits per heavy atom. The molecular formula is C61H108O9. The van der Waals surface area contributed by atoms with E-state index in [9.17, 15) is 25.2 Å². The molecule has 1 rings (SSSR count). The fourth-order valence-corrected chi connectivity index (χ4v) is 8.67. The highest BCUT2D eigenvalue weighted by atomic mass is 16.7. The number of allylic oxidation sites excluding steroid dienone is 12. The van der Waals surface area contributed by atoms with Crippen LogP contribution in [0.3, 0.4) is 0 Å². The van der Waals surface area contributed by atoms with Crippen molar-refractivity contribution in [2.75, 3.05) is 26.4 Å². The van der Waals surface area contributed by atoms with Crippen LogP contribution in [0.25, 0.3) is 0 Å². The van der Waals surface area contributed by atoms with Gasteiger partial charge >= 0.3 is 5.97 Å². The molecule has 0 amide bonds. The van der Waals surface area contributed by atoms with Gasteiger partial charge in [-0.05, 0) is 64.2 Å². The van der Waals surface area contributed by atoms with Crippen molar-refractivity contribution >= 4 is 5.97 Å². The van der Waals surface area contributed by atoms with Crippen LogP contribution < -0.4 is 0 Å². The van der Waals surface area contributed by atoms with E-state index in [0.717, 1.165) is 64.2 Å². The van der Waals surface area contributed by atoms with E-state index in [1.807, 2.05) is 0 Å². The van der Waals surface area contributed by atoms with Crippen molar-refractivity contribution < 1.29 is 44.2 Å². The second-order valence-corrected chi connectivity index (χ2v) is 19.7. The minimum absolute atomic E-state index is 0.126. The fraction of sp³-hybridized carbons (Fsp3) is 0.787. The maximum Gasteiger partial charge on any atom is 0.306 e. The first-order valence-corrected chi connectivity index (χ1v) is 29.0. The number of hydrogen-bond donors (Lipinski definition) is 4. The first kappa shape index (κ1) is 65.6. The van der Waals surface area contributed by atoms with Crippen LogP contribution in [-0.4, -0.2) is 89.6 Å². The highest BCUT2D eigenvalue weighted by Crippen LogP contribution is 2.23. The minimum atomic E-state index is -1.55. The predicted molar refractivity (Wildman–Crippen MR) is 293 cm³/mol. The lowest BCUT2D eigenvalue weighted by Crippen LogP contribution is -2.59. The van der Waals surface area contributed by atoms with E-state index in [4.69, 9.17) is 18.9 Å². The Morgan fingerprint density at radius 1 is 0.471 bits per heavy atom. The van der Waals surface area contributed by atoms with Gasteiger partial charge in [-0.3, -0.25) is 4.79 Å². The number of carbonyl (C=O) groups is 1. The van der Waals surface area contributed by atoms with Crippen molar-refractivity contribution in [2.45, 2.75) is 282 Å². The van der Waals surface area contributed by atoms with Crippen LogP contribution in [0.4, 0.5) is 0 Å². The second-order valence-electron chi connectivity index (χ2n) is 19.7. The molecule has 6 atom stereocenters. The zero-order valence-electron chi connectivity index (χ0n) is 45.0. The third kappa shape index (κ3) is 41.1. The number of ether oxygens (including phenoxy) is 4. The minimum Gasteiger partial charge on any atom is -0.457 e. The Balaban J connectivity index is 2.17. The molecule has 0 aromatic heterocycles. The monoisotopic (exact) mass is 985 g/mol. The Labute approximate surface area is 429 Å². The normalized spacial score (nSPS) is 19.4. The van der Waals surface area contributed by atoms with Crippen molar-refractivity contribution in [3.8, 4) is 0 Å². The molecule has 0 aromatic carbocycles. The van der Waals surface area contributed by atoms with Gasteiger partial charge < -0.3 is 39.4 Å². The molecule has 0 saturated carbocycles. The summed E-state index contributed by atoms with van der Waals surface area (Å²) in [6, 6.07) is 0. The van der Waals surface area contributed by atoms with E-state index in [1.54, 1.807) is 0 Å². The molecule has 0 spiro atoms. The van der Waals surface area contributed by atoms with Crippen LogP contribution in [0.5, 0.6) is 0 Å². The zero-order chi connectivity index (χ0) is 50.6. The molecule has 70 heavy (non-hydrogen) atoms. The van der Waals surface area contributed by atoms with Crippen molar-refractivity contribution in [1.29, 1.82) is 0 Å². The molecule has 9 nitrogen and oxygen atoms in total. The Morgan fingerprint density at radius 3 is 1.29 bits per heavy atom. The molecule has 4 N–H and O–H groups in total. The molecule has 406 valence electrons. The SMILES string of the molecule is CC/C=C\C/C=C\C/C=C\C/C=C\C/C=C\C/C=C\CCCCC(=O)OC(COCCCCCCCCCCCCCCCCCCCCCCCCCCCC)COC1OC(CO)C(O)C(O)C1O. The van der Waals surface area contributed by atoms with Crippen molar-refractivity contribution in [3.63, 3.8) is 0 Å². The topological polar surface area (TPSA) is 135 Å². The summed E-state index contributed by atoms with van der Waals surface area (Å²) >= 11 is 0. The molecule has 1 heterocycles.